The number of hydrogen-bond donors (Lipinski definition) is 1. The van der Waals surface area contributed by atoms with Crippen molar-refractivity contribution in [3.63, 3.8) is 0 Å². The molecule has 4 heteroatoms. The Balaban J connectivity index is 4.46. The monoisotopic (exact) mass is 300 g/mol. The van der Waals surface area contributed by atoms with Gasteiger partial charge >= 0.3 is 5.97 Å². The van der Waals surface area contributed by atoms with Gasteiger partial charge in [-0.3, -0.25) is 4.79 Å². The quantitative estimate of drug-likeness (QED) is 0.596. The number of hydrogen-bond acceptors (Lipinski definition) is 4. The maximum absolute atomic E-state index is 12.0. The summed E-state index contributed by atoms with van der Waals surface area (Å²) < 4.78 is 4.94. The molecule has 0 amide bonds. The number of likely N-dealkylation sites (N-methyl/N-ethyl adjacent to an activating group) is 1. The molecule has 0 spiro atoms. The van der Waals surface area contributed by atoms with Gasteiger partial charge in [0.25, 0.3) is 0 Å². The van der Waals surface area contributed by atoms with Gasteiger partial charge in [0.2, 0.25) is 0 Å². The van der Waals surface area contributed by atoms with Crippen LogP contribution in [0.25, 0.3) is 0 Å². The lowest BCUT2D eigenvalue weighted by Gasteiger charge is -2.30. The number of carbonyl (C=O) groups is 1. The van der Waals surface area contributed by atoms with E-state index in [-0.39, 0.29) is 5.97 Å². The molecular weight excluding hydrogens is 264 g/mol. The van der Waals surface area contributed by atoms with Crippen LogP contribution >= 0.6 is 0 Å². The molecular formula is C17H36N2O2. The summed E-state index contributed by atoms with van der Waals surface area (Å²) in [6.45, 7) is 17.0. The van der Waals surface area contributed by atoms with Gasteiger partial charge in [-0.2, -0.15) is 0 Å². The van der Waals surface area contributed by atoms with E-state index < -0.39 is 5.54 Å². The summed E-state index contributed by atoms with van der Waals surface area (Å²) >= 11 is 0. The summed E-state index contributed by atoms with van der Waals surface area (Å²) in [6, 6.07) is 0. The molecule has 1 N–H and O–H groups in total. The molecule has 21 heavy (non-hydrogen) atoms. The Morgan fingerprint density at radius 1 is 1.19 bits per heavy atom. The molecule has 0 bridgehead atoms. The molecule has 0 aromatic rings. The third-order valence-corrected chi connectivity index (χ3v) is 3.60. The average molecular weight is 300 g/mol. The molecule has 0 aliphatic rings. The van der Waals surface area contributed by atoms with E-state index in [0.29, 0.717) is 11.8 Å². The Morgan fingerprint density at radius 2 is 1.71 bits per heavy atom. The van der Waals surface area contributed by atoms with E-state index in [9.17, 15) is 4.79 Å². The summed E-state index contributed by atoms with van der Waals surface area (Å²) in [4.78, 5) is 14.5. The highest BCUT2D eigenvalue weighted by Gasteiger charge is 2.32. The molecule has 126 valence electrons. The number of methoxy groups -OCH3 is 1. The first-order chi connectivity index (χ1) is 9.75. The van der Waals surface area contributed by atoms with Crippen molar-refractivity contribution in [2.75, 3.05) is 33.3 Å². The number of rotatable bonds is 11. The van der Waals surface area contributed by atoms with Crippen LogP contribution in [0.15, 0.2) is 0 Å². The Morgan fingerprint density at radius 3 is 2.10 bits per heavy atom. The van der Waals surface area contributed by atoms with Crippen molar-refractivity contribution in [2.24, 2.45) is 11.8 Å². The Bertz CT molecular complexity index is 283. The van der Waals surface area contributed by atoms with E-state index in [4.69, 9.17) is 4.74 Å². The standard InChI is InChI=1S/C17H36N2O2/c1-8-18-17(6,16(20)21-7)10-9-11-19(12-14(2)3)13-15(4)5/h14-15,18H,8-13H2,1-7H3. The number of carbonyl (C=O) groups excluding carboxylic acids is 1. The van der Waals surface area contributed by atoms with Crippen molar-refractivity contribution in [3.05, 3.63) is 0 Å². The molecule has 0 saturated heterocycles. The number of esters is 1. The van der Waals surface area contributed by atoms with E-state index in [1.54, 1.807) is 0 Å². The normalized spacial score (nSPS) is 14.8. The first kappa shape index (κ1) is 20.4. The molecule has 0 radical (unpaired) electrons. The van der Waals surface area contributed by atoms with Gasteiger partial charge in [0.1, 0.15) is 5.54 Å². The third-order valence-electron chi connectivity index (χ3n) is 3.60. The van der Waals surface area contributed by atoms with Crippen LogP contribution in [-0.4, -0.2) is 49.7 Å². The molecule has 0 heterocycles. The SMILES string of the molecule is CCNC(C)(CCCN(CC(C)C)CC(C)C)C(=O)OC. The summed E-state index contributed by atoms with van der Waals surface area (Å²) in [6.07, 6.45) is 1.80. The zero-order valence-electron chi connectivity index (χ0n) is 15.2. The molecule has 0 saturated carbocycles. The van der Waals surface area contributed by atoms with Crippen molar-refractivity contribution < 1.29 is 9.53 Å². The molecule has 0 aromatic heterocycles. The molecule has 0 aromatic carbocycles. The molecule has 4 nitrogen and oxygen atoms in total. The topological polar surface area (TPSA) is 41.6 Å². The lowest BCUT2D eigenvalue weighted by Crippen LogP contribution is -2.50. The van der Waals surface area contributed by atoms with Gasteiger partial charge in [0.05, 0.1) is 7.11 Å². The minimum Gasteiger partial charge on any atom is -0.468 e. The first-order valence-corrected chi connectivity index (χ1v) is 8.31. The highest BCUT2D eigenvalue weighted by atomic mass is 16.5. The van der Waals surface area contributed by atoms with E-state index in [1.165, 1.54) is 7.11 Å². The van der Waals surface area contributed by atoms with E-state index in [2.05, 4.69) is 37.9 Å². The van der Waals surface area contributed by atoms with Crippen molar-refractivity contribution in [3.8, 4) is 0 Å². The van der Waals surface area contributed by atoms with Crippen LogP contribution < -0.4 is 5.32 Å². The van der Waals surface area contributed by atoms with Crippen LogP contribution in [0.4, 0.5) is 0 Å². The predicted octanol–water partition coefficient (Wildman–Crippen LogP) is 2.92. The Labute approximate surface area is 131 Å². The van der Waals surface area contributed by atoms with Gasteiger partial charge in [-0.25, -0.2) is 0 Å². The van der Waals surface area contributed by atoms with E-state index in [0.717, 1.165) is 39.0 Å². The van der Waals surface area contributed by atoms with Crippen LogP contribution in [-0.2, 0) is 9.53 Å². The molecule has 0 aliphatic heterocycles. The van der Waals surface area contributed by atoms with Crippen LogP contribution in [0.2, 0.25) is 0 Å². The summed E-state index contributed by atoms with van der Waals surface area (Å²) in [5, 5.41) is 3.27. The first-order valence-electron chi connectivity index (χ1n) is 8.31. The summed E-state index contributed by atoms with van der Waals surface area (Å²) in [5.74, 6) is 1.18. The highest BCUT2D eigenvalue weighted by molar-refractivity contribution is 5.80. The van der Waals surface area contributed by atoms with Crippen LogP contribution in [0, 0.1) is 11.8 Å². The van der Waals surface area contributed by atoms with Crippen molar-refractivity contribution >= 4 is 5.97 Å². The molecule has 0 rings (SSSR count). The van der Waals surface area contributed by atoms with Gasteiger partial charge in [-0.1, -0.05) is 34.6 Å². The highest BCUT2D eigenvalue weighted by Crippen LogP contribution is 2.16. The third kappa shape index (κ3) is 8.42. The van der Waals surface area contributed by atoms with E-state index >= 15 is 0 Å². The fourth-order valence-electron chi connectivity index (χ4n) is 2.82. The lowest BCUT2D eigenvalue weighted by molar-refractivity contribution is -0.148. The number of ether oxygens (including phenoxy) is 1. The second-order valence-electron chi connectivity index (χ2n) is 7.00. The van der Waals surface area contributed by atoms with Gasteiger partial charge < -0.3 is 15.0 Å². The summed E-state index contributed by atoms with van der Waals surface area (Å²) in [7, 11) is 1.46. The van der Waals surface area contributed by atoms with Gasteiger partial charge in [-0.05, 0) is 44.7 Å². The summed E-state index contributed by atoms with van der Waals surface area (Å²) in [5.41, 5.74) is -0.565. The minimum atomic E-state index is -0.565. The van der Waals surface area contributed by atoms with Crippen LogP contribution in [0.5, 0.6) is 0 Å². The van der Waals surface area contributed by atoms with Crippen molar-refractivity contribution in [1.29, 1.82) is 0 Å². The zero-order chi connectivity index (χ0) is 16.5. The second-order valence-corrected chi connectivity index (χ2v) is 7.00. The smallest absolute Gasteiger partial charge is 0.325 e. The molecule has 0 fully saturated rings. The lowest BCUT2D eigenvalue weighted by atomic mass is 9.95. The van der Waals surface area contributed by atoms with Crippen molar-refractivity contribution in [1.82, 2.24) is 10.2 Å². The van der Waals surface area contributed by atoms with Gasteiger partial charge in [0.15, 0.2) is 0 Å². The number of nitrogens with one attached hydrogen (secondary N) is 1. The Hall–Kier alpha value is -0.610. The van der Waals surface area contributed by atoms with Crippen LogP contribution in [0.1, 0.15) is 54.4 Å². The predicted molar refractivity (Wildman–Crippen MR) is 89.4 cm³/mol. The molecule has 1 unspecified atom stereocenters. The fourth-order valence-corrected chi connectivity index (χ4v) is 2.82. The van der Waals surface area contributed by atoms with E-state index in [1.807, 2.05) is 13.8 Å². The van der Waals surface area contributed by atoms with Crippen molar-refractivity contribution in [2.45, 2.75) is 59.9 Å². The fraction of sp³-hybridized carbons (Fsp3) is 0.941. The maximum Gasteiger partial charge on any atom is 0.325 e. The van der Waals surface area contributed by atoms with Gasteiger partial charge in [-0.15, -0.1) is 0 Å². The molecule has 1 atom stereocenters. The largest absolute Gasteiger partial charge is 0.468 e. The average Bonchev–Trinajstić information content (AvgIpc) is 2.36. The van der Waals surface area contributed by atoms with Crippen LogP contribution in [0.3, 0.4) is 0 Å². The van der Waals surface area contributed by atoms with Gasteiger partial charge in [0, 0.05) is 13.1 Å². The Kier molecular flexibility index (Phi) is 9.88. The second kappa shape index (κ2) is 10.2. The zero-order valence-corrected chi connectivity index (χ0v) is 15.2. The maximum atomic E-state index is 12.0. The number of nitrogens with zero attached hydrogens (tertiary/aromatic N) is 1. The minimum absolute atomic E-state index is 0.163. The molecule has 0 aliphatic carbocycles.